The molecule has 2 fully saturated rings. The Kier molecular flexibility index (Phi) is 4.71. The normalized spacial score (nSPS) is 38.8. The van der Waals surface area contributed by atoms with Gasteiger partial charge in [0.25, 0.3) is 0 Å². The average molecular weight is 280 g/mol. The van der Waals surface area contributed by atoms with E-state index in [0.717, 1.165) is 38.0 Å². The van der Waals surface area contributed by atoms with E-state index in [1.807, 2.05) is 18.7 Å². The molecule has 1 saturated heterocycles. The lowest BCUT2D eigenvalue weighted by Crippen LogP contribution is -2.65. The molecule has 0 aromatic rings. The molecule has 114 valence electrons. The second-order valence-electron chi connectivity index (χ2n) is 6.69. The smallest absolute Gasteiger partial charge is 0.246 e. The summed E-state index contributed by atoms with van der Waals surface area (Å²) < 4.78 is 0. The number of carbonyl (C=O) groups excluding carboxylic acids is 2. The Morgan fingerprint density at radius 2 is 1.85 bits per heavy atom. The standard InChI is InChI=1S/C16H28N2O2/c1-5-6-14-16(20)18(12(4)15(19)17-14)13-8-7-10(2)11(3)9-13/h10-14H,5-9H2,1-4H3,(H,17,19). The molecular formula is C16H28N2O2. The van der Waals surface area contributed by atoms with Gasteiger partial charge >= 0.3 is 0 Å². The van der Waals surface area contributed by atoms with Gasteiger partial charge in [-0.2, -0.15) is 0 Å². The maximum atomic E-state index is 12.7. The van der Waals surface area contributed by atoms with Gasteiger partial charge in [0.2, 0.25) is 11.8 Å². The number of carbonyl (C=O) groups is 2. The van der Waals surface area contributed by atoms with Gasteiger partial charge in [-0.05, 0) is 44.4 Å². The van der Waals surface area contributed by atoms with Crippen molar-refractivity contribution in [3.8, 4) is 0 Å². The van der Waals surface area contributed by atoms with Gasteiger partial charge in [-0.15, -0.1) is 0 Å². The van der Waals surface area contributed by atoms with Gasteiger partial charge in [-0.25, -0.2) is 0 Å². The van der Waals surface area contributed by atoms with Gasteiger partial charge < -0.3 is 10.2 Å². The third kappa shape index (κ3) is 2.84. The van der Waals surface area contributed by atoms with Crippen molar-refractivity contribution in [2.45, 2.75) is 77.9 Å². The summed E-state index contributed by atoms with van der Waals surface area (Å²) >= 11 is 0. The van der Waals surface area contributed by atoms with E-state index in [1.165, 1.54) is 0 Å². The van der Waals surface area contributed by atoms with E-state index in [1.54, 1.807) is 0 Å². The minimum absolute atomic E-state index is 0.00863. The summed E-state index contributed by atoms with van der Waals surface area (Å²) in [7, 11) is 0. The van der Waals surface area contributed by atoms with Crippen LogP contribution in [0, 0.1) is 11.8 Å². The highest BCUT2D eigenvalue weighted by Gasteiger charge is 2.42. The third-order valence-electron chi connectivity index (χ3n) is 5.21. The molecule has 1 heterocycles. The predicted molar refractivity (Wildman–Crippen MR) is 79.1 cm³/mol. The first-order valence-electron chi connectivity index (χ1n) is 8.08. The molecule has 1 N–H and O–H groups in total. The van der Waals surface area contributed by atoms with Crippen LogP contribution in [0.25, 0.3) is 0 Å². The summed E-state index contributed by atoms with van der Waals surface area (Å²) in [6.07, 6.45) is 4.88. The lowest BCUT2D eigenvalue weighted by molar-refractivity contribution is -0.153. The molecule has 0 bridgehead atoms. The van der Waals surface area contributed by atoms with Crippen LogP contribution < -0.4 is 5.32 Å². The maximum absolute atomic E-state index is 12.7. The van der Waals surface area contributed by atoms with Gasteiger partial charge in [0.1, 0.15) is 12.1 Å². The van der Waals surface area contributed by atoms with Crippen molar-refractivity contribution >= 4 is 11.8 Å². The third-order valence-corrected chi connectivity index (χ3v) is 5.21. The van der Waals surface area contributed by atoms with Gasteiger partial charge in [0.05, 0.1) is 0 Å². The predicted octanol–water partition coefficient (Wildman–Crippen LogP) is 2.33. The van der Waals surface area contributed by atoms with Crippen LogP contribution in [0.2, 0.25) is 0 Å². The summed E-state index contributed by atoms with van der Waals surface area (Å²) in [5.74, 6) is 1.49. The van der Waals surface area contributed by atoms with Gasteiger partial charge in [-0.3, -0.25) is 9.59 Å². The van der Waals surface area contributed by atoms with E-state index in [-0.39, 0.29) is 29.9 Å². The Morgan fingerprint density at radius 1 is 1.15 bits per heavy atom. The highest BCUT2D eigenvalue weighted by molar-refractivity contribution is 5.96. The van der Waals surface area contributed by atoms with Crippen LogP contribution in [0.5, 0.6) is 0 Å². The van der Waals surface area contributed by atoms with E-state index < -0.39 is 0 Å². The van der Waals surface area contributed by atoms with Crippen LogP contribution in [-0.2, 0) is 9.59 Å². The first-order valence-corrected chi connectivity index (χ1v) is 8.08. The topological polar surface area (TPSA) is 49.4 Å². The highest BCUT2D eigenvalue weighted by Crippen LogP contribution is 2.34. The number of piperazine rings is 1. The molecular weight excluding hydrogens is 252 g/mol. The van der Waals surface area contributed by atoms with E-state index >= 15 is 0 Å². The maximum Gasteiger partial charge on any atom is 0.246 e. The number of hydrogen-bond acceptors (Lipinski definition) is 2. The first kappa shape index (κ1) is 15.3. The van der Waals surface area contributed by atoms with Crippen molar-refractivity contribution in [1.29, 1.82) is 0 Å². The Labute approximate surface area is 122 Å². The summed E-state index contributed by atoms with van der Waals surface area (Å²) in [5.41, 5.74) is 0. The minimum atomic E-state index is -0.318. The van der Waals surface area contributed by atoms with Crippen molar-refractivity contribution in [2.75, 3.05) is 0 Å². The number of rotatable bonds is 3. The van der Waals surface area contributed by atoms with E-state index in [4.69, 9.17) is 0 Å². The van der Waals surface area contributed by atoms with Crippen LogP contribution in [0.1, 0.15) is 59.8 Å². The molecule has 0 radical (unpaired) electrons. The number of amides is 2. The Hall–Kier alpha value is -1.06. The van der Waals surface area contributed by atoms with Crippen molar-refractivity contribution < 1.29 is 9.59 Å². The molecule has 5 atom stereocenters. The number of nitrogens with zero attached hydrogens (tertiary/aromatic N) is 1. The van der Waals surface area contributed by atoms with Crippen LogP contribution in [0.15, 0.2) is 0 Å². The Morgan fingerprint density at radius 3 is 2.45 bits per heavy atom. The Balaban J connectivity index is 2.14. The lowest BCUT2D eigenvalue weighted by atomic mass is 9.78. The minimum Gasteiger partial charge on any atom is -0.343 e. The second kappa shape index (κ2) is 6.15. The summed E-state index contributed by atoms with van der Waals surface area (Å²) in [4.78, 5) is 26.7. The van der Waals surface area contributed by atoms with Crippen LogP contribution in [0.3, 0.4) is 0 Å². The summed E-state index contributed by atoms with van der Waals surface area (Å²) in [6, 6.07) is -0.381. The van der Waals surface area contributed by atoms with E-state index in [9.17, 15) is 9.59 Å². The molecule has 1 aliphatic carbocycles. The fourth-order valence-electron chi connectivity index (χ4n) is 3.60. The van der Waals surface area contributed by atoms with Gasteiger partial charge in [-0.1, -0.05) is 27.2 Å². The lowest BCUT2D eigenvalue weighted by Gasteiger charge is -2.45. The van der Waals surface area contributed by atoms with Crippen LogP contribution in [0.4, 0.5) is 0 Å². The molecule has 0 aromatic carbocycles. The molecule has 20 heavy (non-hydrogen) atoms. The molecule has 0 spiro atoms. The largest absolute Gasteiger partial charge is 0.343 e. The zero-order valence-electron chi connectivity index (χ0n) is 13.2. The zero-order chi connectivity index (χ0) is 14.9. The molecule has 1 aliphatic heterocycles. The first-order chi connectivity index (χ1) is 9.45. The summed E-state index contributed by atoms with van der Waals surface area (Å²) in [6.45, 7) is 8.46. The fourth-order valence-corrected chi connectivity index (χ4v) is 3.60. The second-order valence-corrected chi connectivity index (χ2v) is 6.69. The van der Waals surface area contributed by atoms with Crippen molar-refractivity contribution in [1.82, 2.24) is 10.2 Å². The van der Waals surface area contributed by atoms with Gasteiger partial charge in [0, 0.05) is 6.04 Å². The highest BCUT2D eigenvalue weighted by atomic mass is 16.2. The van der Waals surface area contributed by atoms with Crippen molar-refractivity contribution in [3.05, 3.63) is 0 Å². The Bertz CT molecular complexity index is 383. The number of nitrogens with one attached hydrogen (secondary N) is 1. The average Bonchev–Trinajstić information content (AvgIpc) is 2.40. The van der Waals surface area contributed by atoms with E-state index in [2.05, 4.69) is 19.2 Å². The SMILES string of the molecule is CCCC1NC(=O)C(C)N(C2CCC(C)C(C)C2)C1=O. The number of hydrogen-bond donors (Lipinski definition) is 1. The molecule has 2 rings (SSSR count). The van der Waals surface area contributed by atoms with Crippen molar-refractivity contribution in [2.24, 2.45) is 11.8 Å². The zero-order valence-corrected chi connectivity index (χ0v) is 13.2. The van der Waals surface area contributed by atoms with Crippen molar-refractivity contribution in [3.63, 3.8) is 0 Å². The molecule has 4 nitrogen and oxygen atoms in total. The van der Waals surface area contributed by atoms with E-state index in [0.29, 0.717) is 5.92 Å². The quantitative estimate of drug-likeness (QED) is 0.862. The van der Waals surface area contributed by atoms with Crippen LogP contribution in [-0.4, -0.2) is 34.8 Å². The molecule has 1 saturated carbocycles. The summed E-state index contributed by atoms with van der Waals surface area (Å²) in [5, 5.41) is 2.88. The molecule has 5 unspecified atom stereocenters. The monoisotopic (exact) mass is 280 g/mol. The van der Waals surface area contributed by atoms with Gasteiger partial charge in [0.15, 0.2) is 0 Å². The molecule has 0 aromatic heterocycles. The fraction of sp³-hybridized carbons (Fsp3) is 0.875. The molecule has 4 heteroatoms. The molecule has 2 aliphatic rings. The van der Waals surface area contributed by atoms with Crippen LogP contribution >= 0.6 is 0 Å². The molecule has 2 amide bonds.